The molecule has 10 atom stereocenters. The van der Waals surface area contributed by atoms with Crippen LogP contribution >= 0.6 is 0 Å². The molecule has 0 spiro atoms. The minimum Gasteiger partial charge on any atom is -0.504 e. The molecule has 2 aromatic rings. The Morgan fingerprint density at radius 3 is 1.38 bits per heavy atom. The number of phenolic OH excluding ortho intramolecular Hbond substituents is 2. The maximum absolute atomic E-state index is 12.7. The maximum Gasteiger partial charge on any atom is 0.209 e. The molecule has 0 unspecified atom stereocenters. The van der Waals surface area contributed by atoms with Crippen molar-refractivity contribution in [2.45, 2.75) is 98.6 Å². The molecule has 2 saturated heterocycles. The van der Waals surface area contributed by atoms with Crippen LogP contribution in [0.15, 0.2) is 12.1 Å². The van der Waals surface area contributed by atoms with E-state index in [2.05, 4.69) is 33.3 Å². The number of rotatable bonds is 9. The zero-order valence-electron chi connectivity index (χ0n) is 33.7. The monoisotopic (exact) mass is 818 g/mol. The first-order valence-electron chi connectivity index (χ1n) is 19.7. The van der Waals surface area contributed by atoms with Gasteiger partial charge in [0.05, 0.1) is 38.9 Å². The second-order valence-corrected chi connectivity index (χ2v) is 21.2. The SMILES string of the molecule is COc1cc(-c2cc(OC)c(O)c3c2C[C@H]2[C@H]4C[C@@H](OC)[C@H](NS(C)(=O)=O)C[C@@]34CCN2C)c2c(c1O)[C@@]13CCN(C)[C@@H](C2)[C@H]1C[C@@H](OC)[C@H](NS(C)(=O)=O)C3. The second-order valence-electron chi connectivity index (χ2n) is 17.6. The minimum absolute atomic E-state index is 0.0772. The summed E-state index contributed by atoms with van der Waals surface area (Å²) < 4.78 is 80.6. The number of hydrogen-bond acceptors (Lipinski definition) is 12. The molecule has 6 aliphatic rings. The molecular weight excluding hydrogens is 761 g/mol. The van der Waals surface area contributed by atoms with Gasteiger partial charge in [-0.05, 0) is 125 Å². The van der Waals surface area contributed by atoms with Gasteiger partial charge in [0.25, 0.3) is 0 Å². The van der Waals surface area contributed by atoms with Crippen molar-refractivity contribution in [3.8, 4) is 34.1 Å². The van der Waals surface area contributed by atoms with E-state index in [0.29, 0.717) is 62.9 Å². The van der Waals surface area contributed by atoms with Crippen LogP contribution in [0.2, 0.25) is 0 Å². The highest BCUT2D eigenvalue weighted by molar-refractivity contribution is 7.89. The number of likely N-dealkylation sites (tertiary alicyclic amines) is 2. The van der Waals surface area contributed by atoms with Gasteiger partial charge in [0.15, 0.2) is 23.0 Å². The average Bonchev–Trinajstić information content (AvgIpc) is 3.12. The molecule has 4 N–H and O–H groups in total. The van der Waals surface area contributed by atoms with Crippen molar-refractivity contribution >= 4 is 20.0 Å². The first kappa shape index (κ1) is 40.1. The lowest BCUT2D eigenvalue weighted by Crippen LogP contribution is -2.66. The Balaban J connectivity index is 1.38. The molecule has 2 heterocycles. The predicted octanol–water partition coefficient (Wildman–Crippen LogP) is 2.46. The molecule has 2 aromatic carbocycles. The van der Waals surface area contributed by atoms with E-state index in [0.717, 1.165) is 46.5 Å². The van der Waals surface area contributed by atoms with E-state index in [1.54, 1.807) is 28.4 Å². The molecule has 16 heteroatoms. The molecule has 4 aliphatic carbocycles. The van der Waals surface area contributed by atoms with Crippen LogP contribution in [0.3, 0.4) is 0 Å². The van der Waals surface area contributed by atoms with Crippen molar-refractivity contribution in [2.75, 3.05) is 68.1 Å². The van der Waals surface area contributed by atoms with Gasteiger partial charge in [0.2, 0.25) is 20.0 Å². The molecular formula is C40H58N4O10S2. The van der Waals surface area contributed by atoms with E-state index >= 15 is 0 Å². The predicted molar refractivity (Wildman–Crippen MR) is 212 cm³/mol. The normalized spacial score (nSPS) is 35.5. The Hall–Kier alpha value is -2.70. The van der Waals surface area contributed by atoms with Gasteiger partial charge in [0, 0.05) is 60.3 Å². The van der Waals surface area contributed by atoms with E-state index in [-0.39, 0.29) is 47.6 Å². The number of nitrogens with zero attached hydrogens (tertiary/aromatic N) is 2. The number of nitrogens with one attached hydrogen (secondary N) is 2. The largest absolute Gasteiger partial charge is 0.504 e. The highest BCUT2D eigenvalue weighted by Crippen LogP contribution is 2.64. The van der Waals surface area contributed by atoms with E-state index in [4.69, 9.17) is 18.9 Å². The number of hydrogen-bond donors (Lipinski definition) is 4. The highest BCUT2D eigenvalue weighted by atomic mass is 32.2. The molecule has 56 heavy (non-hydrogen) atoms. The first-order valence-corrected chi connectivity index (χ1v) is 23.5. The van der Waals surface area contributed by atoms with Gasteiger partial charge in [0.1, 0.15) is 0 Å². The Morgan fingerprint density at radius 2 is 1.05 bits per heavy atom. The Labute approximate surface area is 331 Å². The summed E-state index contributed by atoms with van der Waals surface area (Å²) in [6, 6.07) is 3.01. The van der Waals surface area contributed by atoms with E-state index < -0.39 is 43.0 Å². The van der Waals surface area contributed by atoms with Crippen LogP contribution in [0.4, 0.5) is 0 Å². The molecule has 0 radical (unpaired) electrons. The molecule has 0 aromatic heterocycles. The summed E-state index contributed by atoms with van der Waals surface area (Å²) in [7, 11) is 3.50. The molecule has 8 rings (SSSR count). The van der Waals surface area contributed by atoms with Gasteiger partial charge in [-0.1, -0.05) is 0 Å². The summed E-state index contributed by atoms with van der Waals surface area (Å²) in [5.74, 6) is 0.968. The number of benzene rings is 2. The quantitative estimate of drug-likeness (QED) is 0.292. The van der Waals surface area contributed by atoms with Crippen molar-refractivity contribution in [1.29, 1.82) is 0 Å². The van der Waals surface area contributed by atoms with Crippen molar-refractivity contribution in [1.82, 2.24) is 19.2 Å². The molecule has 2 saturated carbocycles. The van der Waals surface area contributed by atoms with Gasteiger partial charge in [-0.25, -0.2) is 26.3 Å². The topological polar surface area (TPSA) is 176 Å². The Morgan fingerprint density at radius 1 is 0.679 bits per heavy atom. The number of ether oxygens (including phenoxy) is 4. The first-order chi connectivity index (χ1) is 26.4. The zero-order valence-corrected chi connectivity index (χ0v) is 35.3. The fraction of sp³-hybridized carbons (Fsp3) is 0.700. The summed E-state index contributed by atoms with van der Waals surface area (Å²) in [5.41, 5.74) is 4.18. The molecule has 14 nitrogen and oxygen atoms in total. The van der Waals surface area contributed by atoms with E-state index in [1.807, 2.05) is 12.1 Å². The fourth-order valence-corrected chi connectivity index (χ4v) is 14.3. The third kappa shape index (κ3) is 6.15. The summed E-state index contributed by atoms with van der Waals surface area (Å²) in [4.78, 5) is 4.79. The Kier molecular flexibility index (Phi) is 9.99. The van der Waals surface area contributed by atoms with Gasteiger partial charge in [-0.3, -0.25) is 0 Å². The third-order valence-corrected chi connectivity index (χ3v) is 16.4. The van der Waals surface area contributed by atoms with E-state index in [1.165, 1.54) is 12.5 Å². The van der Waals surface area contributed by atoms with Crippen molar-refractivity contribution in [3.05, 3.63) is 34.4 Å². The van der Waals surface area contributed by atoms with Crippen LogP contribution in [0.5, 0.6) is 23.0 Å². The van der Waals surface area contributed by atoms with Crippen LogP contribution in [0, 0.1) is 11.8 Å². The number of sulfonamides is 2. The minimum atomic E-state index is -3.58. The molecule has 310 valence electrons. The number of piperidine rings is 2. The molecule has 2 aliphatic heterocycles. The standard InChI is InChI=1S/C40H58N4O10S2/c1-43-11-9-39-19-27(41-55(7,47)48)31(51-3)17-25(39)29(43)13-23-21(15-33(53-5)37(45)35(23)39)22-16-34(54-6)38(46)36-24(22)14-30-26-18-32(52-4)28(42-56(8,49)50)20-40(26,36)10-12-44(30)2/h15-16,25-32,41-42,45-46H,9-14,17-20H2,1-8H3/t25-,26-,27-,28-,29+,30+,31-,32-,39-,40-/m1/s1. The van der Waals surface area contributed by atoms with Gasteiger partial charge < -0.3 is 39.0 Å². The van der Waals surface area contributed by atoms with Crippen LogP contribution < -0.4 is 18.9 Å². The third-order valence-electron chi connectivity index (χ3n) is 15.0. The van der Waals surface area contributed by atoms with Crippen molar-refractivity contribution in [3.63, 3.8) is 0 Å². The van der Waals surface area contributed by atoms with Crippen LogP contribution in [0.1, 0.15) is 60.8 Å². The number of likely N-dealkylation sites (N-methyl/N-ethyl adjacent to an activating group) is 2. The summed E-state index contributed by atoms with van der Waals surface area (Å²) in [6.45, 7) is 1.56. The summed E-state index contributed by atoms with van der Waals surface area (Å²) in [6.07, 6.45) is 6.50. The maximum atomic E-state index is 12.7. The van der Waals surface area contributed by atoms with Crippen LogP contribution in [0.25, 0.3) is 11.1 Å². The zero-order chi connectivity index (χ0) is 40.3. The van der Waals surface area contributed by atoms with Gasteiger partial charge in [-0.2, -0.15) is 0 Å². The number of phenols is 2. The van der Waals surface area contributed by atoms with Gasteiger partial charge >= 0.3 is 0 Å². The lowest BCUT2D eigenvalue weighted by molar-refractivity contribution is -0.0659. The number of aromatic hydroxyl groups is 2. The van der Waals surface area contributed by atoms with Gasteiger partial charge in [-0.15, -0.1) is 0 Å². The number of fused-ring (bicyclic) bond motifs is 2. The fourth-order valence-electron chi connectivity index (χ4n) is 12.8. The highest BCUT2D eigenvalue weighted by Gasteiger charge is 2.61. The smallest absolute Gasteiger partial charge is 0.209 e. The molecule has 4 bridgehead atoms. The van der Waals surface area contributed by atoms with E-state index in [9.17, 15) is 27.0 Å². The number of methoxy groups -OCH3 is 4. The average molecular weight is 819 g/mol. The van der Waals surface area contributed by atoms with Crippen LogP contribution in [-0.4, -0.2) is 141 Å². The summed E-state index contributed by atoms with van der Waals surface area (Å²) >= 11 is 0. The summed E-state index contributed by atoms with van der Waals surface area (Å²) in [5, 5.41) is 24.6. The Bertz CT molecular complexity index is 1980. The lowest BCUT2D eigenvalue weighted by Gasteiger charge is -2.61. The molecule has 4 fully saturated rings. The van der Waals surface area contributed by atoms with Crippen molar-refractivity contribution < 1.29 is 46.0 Å². The van der Waals surface area contributed by atoms with Crippen LogP contribution in [-0.2, 0) is 53.2 Å². The van der Waals surface area contributed by atoms with Crippen molar-refractivity contribution in [2.24, 2.45) is 11.8 Å². The molecule has 0 amide bonds. The lowest BCUT2D eigenvalue weighted by atomic mass is 9.49. The second kappa shape index (κ2) is 14.0.